The molecule has 1 saturated carbocycles. The number of fused-ring (bicyclic) bond motifs is 2. The molecule has 1 amide bonds. The molecule has 188 valence electrons. The van der Waals surface area contributed by atoms with Gasteiger partial charge in [-0.25, -0.2) is 9.97 Å². The maximum Gasteiger partial charge on any atom is 0.316 e. The Hall–Kier alpha value is -4.23. The van der Waals surface area contributed by atoms with E-state index < -0.39 is 0 Å². The lowest BCUT2D eigenvalue weighted by atomic mass is 10.0. The minimum atomic E-state index is -0.329. The van der Waals surface area contributed by atoms with Crippen molar-refractivity contribution in [1.29, 1.82) is 5.26 Å². The Labute approximate surface area is 214 Å². The highest BCUT2D eigenvalue weighted by atomic mass is 16.5. The Kier molecular flexibility index (Phi) is 5.85. The van der Waals surface area contributed by atoms with E-state index in [2.05, 4.69) is 36.6 Å². The van der Waals surface area contributed by atoms with Crippen molar-refractivity contribution in [2.75, 3.05) is 30.4 Å². The summed E-state index contributed by atoms with van der Waals surface area (Å²) in [6.45, 7) is 3.72. The number of pyridine rings is 1. The zero-order valence-electron chi connectivity index (χ0n) is 20.9. The van der Waals surface area contributed by atoms with Gasteiger partial charge in [-0.2, -0.15) is 10.2 Å². The highest BCUT2D eigenvalue weighted by molar-refractivity contribution is 6.13. The van der Waals surface area contributed by atoms with Crippen molar-refractivity contribution in [1.82, 2.24) is 24.7 Å². The second-order valence-corrected chi connectivity index (χ2v) is 9.78. The fourth-order valence-electron chi connectivity index (χ4n) is 5.09. The lowest BCUT2D eigenvalue weighted by molar-refractivity contribution is 0.102. The van der Waals surface area contributed by atoms with Crippen LogP contribution in [0.1, 0.15) is 47.3 Å². The lowest BCUT2D eigenvalue weighted by Gasteiger charge is -2.34. The van der Waals surface area contributed by atoms with Crippen molar-refractivity contribution in [3.63, 3.8) is 0 Å². The molecule has 3 aromatic heterocycles. The molecular weight excluding hydrogens is 468 g/mol. The van der Waals surface area contributed by atoms with Gasteiger partial charge in [-0.15, -0.1) is 0 Å². The van der Waals surface area contributed by atoms with E-state index in [-0.39, 0.29) is 11.9 Å². The predicted octanol–water partition coefficient (Wildman–Crippen LogP) is 3.44. The maximum atomic E-state index is 13.5. The number of methoxy groups -OCH3 is 1. The number of carbonyl (C=O) groups is 1. The van der Waals surface area contributed by atoms with E-state index in [1.165, 1.54) is 20.0 Å². The summed E-state index contributed by atoms with van der Waals surface area (Å²) >= 11 is 0. The summed E-state index contributed by atoms with van der Waals surface area (Å²) < 4.78 is 7.02. The standard InChI is InChI=1S/C27H28N8O2/c1-16-14-35-15-20(11-17(12-28)25(35)30-16)32-26(36)21-5-6-23(22-13-29-27(37-2)33-24(21)22)34-9-7-19(8-10-34)31-18-3-4-18/h5-6,11,13-15,18-19,31H,3-4,7-10H2,1-2H3,(H,32,36). The summed E-state index contributed by atoms with van der Waals surface area (Å²) in [5.41, 5.74) is 4.18. The predicted molar refractivity (Wildman–Crippen MR) is 140 cm³/mol. The number of nitriles is 1. The van der Waals surface area contributed by atoms with E-state index in [9.17, 15) is 10.1 Å². The Morgan fingerprint density at radius 2 is 1.92 bits per heavy atom. The number of ether oxygens (including phenoxy) is 1. The van der Waals surface area contributed by atoms with E-state index in [4.69, 9.17) is 4.74 Å². The molecule has 2 aliphatic rings. The molecule has 37 heavy (non-hydrogen) atoms. The first-order chi connectivity index (χ1) is 18.0. The molecule has 10 heteroatoms. The number of imidazole rings is 1. The number of nitrogens with zero attached hydrogens (tertiary/aromatic N) is 6. The first-order valence-electron chi connectivity index (χ1n) is 12.6. The van der Waals surface area contributed by atoms with Crippen molar-refractivity contribution in [2.45, 2.75) is 44.7 Å². The van der Waals surface area contributed by atoms with Crippen LogP contribution in [0.4, 0.5) is 11.4 Å². The number of anilines is 2. The monoisotopic (exact) mass is 496 g/mol. The van der Waals surface area contributed by atoms with Gasteiger partial charge in [0.15, 0.2) is 5.65 Å². The van der Waals surface area contributed by atoms with Crippen LogP contribution < -0.4 is 20.3 Å². The molecule has 2 fully saturated rings. The van der Waals surface area contributed by atoms with Gasteiger partial charge < -0.3 is 24.7 Å². The quantitative estimate of drug-likeness (QED) is 0.417. The maximum absolute atomic E-state index is 13.5. The molecular formula is C27H28N8O2. The molecule has 0 atom stereocenters. The van der Waals surface area contributed by atoms with Gasteiger partial charge in [-0.1, -0.05) is 0 Å². The van der Waals surface area contributed by atoms with Gasteiger partial charge in [0.1, 0.15) is 6.07 Å². The van der Waals surface area contributed by atoms with Gasteiger partial charge in [-0.3, -0.25) is 4.79 Å². The summed E-state index contributed by atoms with van der Waals surface area (Å²) in [7, 11) is 1.51. The van der Waals surface area contributed by atoms with E-state index >= 15 is 0 Å². The van der Waals surface area contributed by atoms with Crippen LogP contribution in [0.3, 0.4) is 0 Å². The van der Waals surface area contributed by atoms with Crippen LogP contribution >= 0.6 is 0 Å². The molecule has 1 aliphatic carbocycles. The molecule has 4 heterocycles. The van der Waals surface area contributed by atoms with Crippen molar-refractivity contribution in [3.8, 4) is 12.1 Å². The highest BCUT2D eigenvalue weighted by Crippen LogP contribution is 2.32. The van der Waals surface area contributed by atoms with E-state index in [1.54, 1.807) is 28.9 Å². The van der Waals surface area contributed by atoms with Gasteiger partial charge in [0.2, 0.25) is 0 Å². The zero-order valence-corrected chi connectivity index (χ0v) is 20.9. The molecule has 0 spiro atoms. The zero-order chi connectivity index (χ0) is 25.5. The van der Waals surface area contributed by atoms with Crippen LogP contribution in [0.2, 0.25) is 0 Å². The second kappa shape index (κ2) is 9.33. The summed E-state index contributed by atoms with van der Waals surface area (Å²) in [5, 5.41) is 17.1. The van der Waals surface area contributed by atoms with Gasteiger partial charge in [0.05, 0.1) is 35.1 Å². The fraction of sp³-hybridized carbons (Fsp3) is 0.370. The average Bonchev–Trinajstić information content (AvgIpc) is 3.65. The molecule has 0 unspecified atom stereocenters. The minimum absolute atomic E-state index is 0.202. The van der Waals surface area contributed by atoms with Crippen LogP contribution in [0.25, 0.3) is 16.6 Å². The minimum Gasteiger partial charge on any atom is -0.467 e. The molecule has 0 bridgehead atoms. The number of piperidine rings is 1. The second-order valence-electron chi connectivity index (χ2n) is 9.78. The number of hydrogen-bond acceptors (Lipinski definition) is 8. The molecule has 1 saturated heterocycles. The molecule has 2 N–H and O–H groups in total. The lowest BCUT2D eigenvalue weighted by Crippen LogP contribution is -2.43. The van der Waals surface area contributed by atoms with E-state index in [1.807, 2.05) is 19.2 Å². The largest absolute Gasteiger partial charge is 0.467 e. The first-order valence-corrected chi connectivity index (χ1v) is 12.6. The number of aryl methyl sites for hydroxylation is 1. The Balaban J connectivity index is 1.31. The van der Waals surface area contributed by atoms with E-state index in [0.29, 0.717) is 40.1 Å². The van der Waals surface area contributed by atoms with Crippen molar-refractivity contribution in [3.05, 3.63) is 53.6 Å². The number of benzene rings is 1. The highest BCUT2D eigenvalue weighted by Gasteiger charge is 2.28. The van der Waals surface area contributed by atoms with Gasteiger partial charge in [0.25, 0.3) is 5.91 Å². The number of hydrogen-bond donors (Lipinski definition) is 2. The van der Waals surface area contributed by atoms with Gasteiger partial charge >= 0.3 is 6.01 Å². The Bertz CT molecular complexity index is 1540. The van der Waals surface area contributed by atoms with Crippen LogP contribution in [0, 0.1) is 18.3 Å². The number of carbonyl (C=O) groups excluding carboxylic acids is 1. The first kappa shape index (κ1) is 23.2. The molecule has 0 radical (unpaired) electrons. The molecule has 6 rings (SSSR count). The Morgan fingerprint density at radius 1 is 1.14 bits per heavy atom. The number of nitrogens with one attached hydrogen (secondary N) is 2. The van der Waals surface area contributed by atoms with Crippen molar-refractivity contribution < 1.29 is 9.53 Å². The molecule has 4 aromatic rings. The van der Waals surface area contributed by atoms with Gasteiger partial charge in [0, 0.05) is 54.8 Å². The van der Waals surface area contributed by atoms with Crippen molar-refractivity contribution in [2.24, 2.45) is 0 Å². The van der Waals surface area contributed by atoms with Crippen LogP contribution in [0.5, 0.6) is 6.01 Å². The van der Waals surface area contributed by atoms with Gasteiger partial charge in [-0.05, 0) is 50.8 Å². The van der Waals surface area contributed by atoms with Crippen LogP contribution in [-0.2, 0) is 0 Å². The number of aromatic nitrogens is 4. The Morgan fingerprint density at radius 3 is 2.65 bits per heavy atom. The van der Waals surface area contributed by atoms with Crippen LogP contribution in [-0.4, -0.2) is 57.5 Å². The topological polar surface area (TPSA) is 120 Å². The summed E-state index contributed by atoms with van der Waals surface area (Å²) in [4.78, 5) is 29.1. The summed E-state index contributed by atoms with van der Waals surface area (Å²) in [5.74, 6) is -0.329. The third kappa shape index (κ3) is 4.54. The molecule has 1 aliphatic heterocycles. The summed E-state index contributed by atoms with van der Waals surface area (Å²) in [6.07, 6.45) is 10.0. The number of rotatable bonds is 6. The third-order valence-corrected chi connectivity index (χ3v) is 7.07. The summed E-state index contributed by atoms with van der Waals surface area (Å²) in [6, 6.07) is 9.04. The number of amides is 1. The smallest absolute Gasteiger partial charge is 0.316 e. The van der Waals surface area contributed by atoms with E-state index in [0.717, 1.165) is 42.7 Å². The SMILES string of the molecule is COc1ncc2c(N3CCC(NC4CC4)CC3)ccc(C(=O)Nc3cc(C#N)c4nc(C)cn4c3)c2n1. The van der Waals surface area contributed by atoms with Crippen LogP contribution in [0.15, 0.2) is 36.8 Å². The fourth-order valence-corrected chi connectivity index (χ4v) is 5.09. The van der Waals surface area contributed by atoms with Crippen molar-refractivity contribution >= 4 is 33.8 Å². The molecule has 1 aromatic carbocycles. The average molecular weight is 497 g/mol. The molecule has 10 nitrogen and oxygen atoms in total. The normalized spacial score (nSPS) is 16.2. The third-order valence-electron chi connectivity index (χ3n) is 7.07.